The van der Waals surface area contributed by atoms with E-state index >= 15 is 0 Å². The van der Waals surface area contributed by atoms with E-state index < -0.39 is 11.9 Å². The number of aliphatic carboxylic acids is 2. The van der Waals surface area contributed by atoms with Gasteiger partial charge in [-0.1, -0.05) is 18.2 Å². The number of rotatable bonds is 6. The summed E-state index contributed by atoms with van der Waals surface area (Å²) in [6.07, 6.45) is 7.76. The van der Waals surface area contributed by atoms with E-state index in [1.807, 2.05) is 12.1 Å². The predicted octanol–water partition coefficient (Wildman–Crippen LogP) is 2.19. The van der Waals surface area contributed by atoms with Gasteiger partial charge in [-0.3, -0.25) is 4.90 Å². The summed E-state index contributed by atoms with van der Waals surface area (Å²) in [5, 5.41) is 14.8. The molecule has 1 aliphatic heterocycles. The van der Waals surface area contributed by atoms with E-state index in [1.165, 1.54) is 38.0 Å². The minimum atomic E-state index is -1.82. The number of allylic oxidation sites excluding steroid dienone is 2. The number of benzene rings is 1. The smallest absolute Gasteiger partial charge is 0.414 e. The van der Waals surface area contributed by atoms with Crippen molar-refractivity contribution in [3.05, 3.63) is 35.9 Å². The molecule has 8 nitrogen and oxygen atoms in total. The van der Waals surface area contributed by atoms with Gasteiger partial charge in [0.15, 0.2) is 0 Å². The lowest BCUT2D eigenvalue weighted by molar-refractivity contribution is -0.159. The zero-order valence-corrected chi connectivity index (χ0v) is 18.2. The van der Waals surface area contributed by atoms with Crippen LogP contribution in [0.15, 0.2) is 30.4 Å². The fourth-order valence-electron chi connectivity index (χ4n) is 4.79. The molecule has 2 N–H and O–H groups in total. The van der Waals surface area contributed by atoms with Gasteiger partial charge in [-0.05, 0) is 36.7 Å². The average Bonchev–Trinajstić information content (AvgIpc) is 3.39. The molecule has 0 radical (unpaired) electrons. The zero-order valence-electron chi connectivity index (χ0n) is 18.2. The molecule has 1 aromatic carbocycles. The number of piperazine rings is 1. The van der Waals surface area contributed by atoms with Crippen LogP contribution in [0.2, 0.25) is 0 Å². The maximum atomic E-state index is 9.10. The molecule has 1 saturated heterocycles. The van der Waals surface area contributed by atoms with Gasteiger partial charge in [-0.15, -0.1) is 0 Å². The fourth-order valence-corrected chi connectivity index (χ4v) is 4.79. The van der Waals surface area contributed by atoms with Gasteiger partial charge in [-0.25, -0.2) is 9.59 Å². The number of carboxylic acid groups (broad SMARTS) is 2. The topological polar surface area (TPSA) is 99.5 Å². The van der Waals surface area contributed by atoms with Crippen molar-refractivity contribution in [1.82, 2.24) is 9.80 Å². The van der Waals surface area contributed by atoms with Crippen molar-refractivity contribution in [2.75, 3.05) is 46.9 Å². The third-order valence-electron chi connectivity index (χ3n) is 6.45. The third kappa shape index (κ3) is 6.21. The van der Waals surface area contributed by atoms with Crippen LogP contribution in [0.1, 0.15) is 18.4 Å². The molecular weight excluding hydrogens is 400 g/mol. The molecule has 0 aromatic heterocycles. The molecule has 1 aromatic rings. The molecule has 2 bridgehead atoms. The van der Waals surface area contributed by atoms with E-state index in [0.717, 1.165) is 48.9 Å². The predicted molar refractivity (Wildman–Crippen MR) is 115 cm³/mol. The third-order valence-corrected chi connectivity index (χ3v) is 6.45. The van der Waals surface area contributed by atoms with Crippen molar-refractivity contribution in [3.63, 3.8) is 0 Å². The van der Waals surface area contributed by atoms with Crippen molar-refractivity contribution >= 4 is 11.9 Å². The highest BCUT2D eigenvalue weighted by Gasteiger charge is 2.36. The fraction of sp³-hybridized carbons (Fsp3) is 0.565. The van der Waals surface area contributed by atoms with Crippen molar-refractivity contribution in [2.45, 2.75) is 19.4 Å². The van der Waals surface area contributed by atoms with Crippen LogP contribution in [0.25, 0.3) is 0 Å². The molecule has 1 heterocycles. The number of fused-ring (bicyclic) bond motifs is 2. The summed E-state index contributed by atoms with van der Waals surface area (Å²) in [7, 11) is 3.43. The molecule has 31 heavy (non-hydrogen) atoms. The van der Waals surface area contributed by atoms with E-state index in [1.54, 1.807) is 14.2 Å². The molecule has 0 amide bonds. The first kappa shape index (κ1) is 23.1. The number of hydrogen-bond acceptors (Lipinski definition) is 6. The normalized spacial score (nSPS) is 25.0. The molecule has 3 atom stereocenters. The van der Waals surface area contributed by atoms with Gasteiger partial charge in [-0.2, -0.15) is 0 Å². The molecule has 3 aliphatic rings. The number of carbonyl (C=O) groups is 2. The summed E-state index contributed by atoms with van der Waals surface area (Å²) >= 11 is 0. The largest absolute Gasteiger partial charge is 0.497 e. The quantitative estimate of drug-likeness (QED) is 0.521. The summed E-state index contributed by atoms with van der Waals surface area (Å²) in [4.78, 5) is 23.4. The molecular formula is C23H32N2O6. The van der Waals surface area contributed by atoms with Crippen LogP contribution >= 0.6 is 0 Å². The minimum absolute atomic E-state index is 0.852. The Morgan fingerprint density at radius 1 is 0.968 bits per heavy atom. The standard InChI is InChI=1S/C21H30N2O2.C2H2O4/c1-24-20-6-5-18(21(13-20)25-2)14-22-7-9-23(10-8-22)15-19-12-16-3-4-17(19)11-16;3-1(4)2(5)6/h3-6,13,16-17,19H,7-12,14-15H2,1-2H3;(H,3,4)(H,5,6). The van der Waals surface area contributed by atoms with Crippen LogP contribution in [0.5, 0.6) is 11.5 Å². The van der Waals surface area contributed by atoms with Crippen molar-refractivity contribution in [2.24, 2.45) is 17.8 Å². The second-order valence-electron chi connectivity index (χ2n) is 8.41. The number of carboxylic acids is 2. The number of methoxy groups -OCH3 is 2. The molecule has 1 saturated carbocycles. The first-order valence-electron chi connectivity index (χ1n) is 10.7. The monoisotopic (exact) mass is 432 g/mol. The molecule has 170 valence electrons. The summed E-state index contributed by atoms with van der Waals surface area (Å²) < 4.78 is 10.8. The maximum Gasteiger partial charge on any atom is 0.414 e. The Morgan fingerprint density at radius 2 is 1.65 bits per heavy atom. The van der Waals surface area contributed by atoms with Crippen molar-refractivity contribution < 1.29 is 29.3 Å². The van der Waals surface area contributed by atoms with Crippen molar-refractivity contribution in [1.29, 1.82) is 0 Å². The molecule has 4 rings (SSSR count). The number of ether oxygens (including phenoxy) is 2. The summed E-state index contributed by atoms with van der Waals surface area (Å²) in [5.41, 5.74) is 1.25. The molecule has 8 heteroatoms. The Bertz CT molecular complexity index is 791. The lowest BCUT2D eigenvalue weighted by Gasteiger charge is -2.37. The van der Waals surface area contributed by atoms with Gasteiger partial charge < -0.3 is 24.6 Å². The number of hydrogen-bond donors (Lipinski definition) is 2. The summed E-state index contributed by atoms with van der Waals surface area (Å²) in [6.45, 7) is 6.92. The Hall–Kier alpha value is -2.58. The van der Waals surface area contributed by atoms with E-state index in [9.17, 15) is 0 Å². The van der Waals surface area contributed by atoms with Crippen LogP contribution in [-0.2, 0) is 16.1 Å². The Kier molecular flexibility index (Phi) is 7.92. The summed E-state index contributed by atoms with van der Waals surface area (Å²) in [5.74, 6) is 0.791. The van der Waals surface area contributed by atoms with E-state index in [4.69, 9.17) is 29.3 Å². The van der Waals surface area contributed by atoms with Gasteiger partial charge in [0, 0.05) is 50.9 Å². The lowest BCUT2D eigenvalue weighted by Crippen LogP contribution is -2.47. The second-order valence-corrected chi connectivity index (χ2v) is 8.41. The van der Waals surface area contributed by atoms with Crippen LogP contribution < -0.4 is 9.47 Å². The van der Waals surface area contributed by atoms with Crippen LogP contribution in [0.3, 0.4) is 0 Å². The zero-order chi connectivity index (χ0) is 22.4. The molecule has 2 aliphatic carbocycles. The van der Waals surface area contributed by atoms with E-state index in [0.29, 0.717) is 0 Å². The first-order chi connectivity index (χ1) is 14.9. The van der Waals surface area contributed by atoms with Crippen LogP contribution in [0.4, 0.5) is 0 Å². The maximum absolute atomic E-state index is 9.10. The molecule has 3 unspecified atom stereocenters. The van der Waals surface area contributed by atoms with Crippen LogP contribution in [0, 0.1) is 17.8 Å². The minimum Gasteiger partial charge on any atom is -0.497 e. The van der Waals surface area contributed by atoms with E-state index in [2.05, 4.69) is 28.0 Å². The Morgan fingerprint density at radius 3 is 2.16 bits per heavy atom. The van der Waals surface area contributed by atoms with Crippen molar-refractivity contribution in [3.8, 4) is 11.5 Å². The Balaban J connectivity index is 0.000000401. The van der Waals surface area contributed by atoms with Gasteiger partial charge >= 0.3 is 11.9 Å². The van der Waals surface area contributed by atoms with Crippen LogP contribution in [-0.4, -0.2) is 78.9 Å². The van der Waals surface area contributed by atoms with Gasteiger partial charge in [0.05, 0.1) is 14.2 Å². The average molecular weight is 433 g/mol. The highest BCUT2D eigenvalue weighted by molar-refractivity contribution is 6.27. The second kappa shape index (κ2) is 10.6. The summed E-state index contributed by atoms with van der Waals surface area (Å²) in [6, 6.07) is 6.14. The highest BCUT2D eigenvalue weighted by Crippen LogP contribution is 2.43. The number of nitrogens with zero attached hydrogens (tertiary/aromatic N) is 2. The SMILES string of the molecule is COc1ccc(CN2CCN(CC3CC4C=CC3C4)CC2)c(OC)c1.O=C(O)C(=O)O. The highest BCUT2D eigenvalue weighted by atomic mass is 16.5. The van der Waals surface area contributed by atoms with Gasteiger partial charge in [0.2, 0.25) is 0 Å². The molecule has 2 fully saturated rings. The first-order valence-corrected chi connectivity index (χ1v) is 10.7. The van der Waals surface area contributed by atoms with Gasteiger partial charge in [0.25, 0.3) is 0 Å². The van der Waals surface area contributed by atoms with E-state index in [-0.39, 0.29) is 0 Å². The lowest BCUT2D eigenvalue weighted by atomic mass is 9.93. The van der Waals surface area contributed by atoms with Gasteiger partial charge in [0.1, 0.15) is 11.5 Å². The Labute approximate surface area is 183 Å². The molecule has 0 spiro atoms.